The van der Waals surface area contributed by atoms with Crippen LogP contribution >= 0.6 is 11.6 Å². The maximum atomic E-state index is 12.5. The largest absolute Gasteiger partial charge is 0.459 e. The highest BCUT2D eigenvalue weighted by Gasteiger charge is 2.23. The van der Waals surface area contributed by atoms with Gasteiger partial charge in [0.1, 0.15) is 11.5 Å². The fourth-order valence-corrected chi connectivity index (χ4v) is 3.21. The lowest BCUT2D eigenvalue weighted by Gasteiger charge is -2.13. The van der Waals surface area contributed by atoms with Crippen LogP contribution in [0.25, 0.3) is 17.4 Å². The molecule has 2 aromatic carbocycles. The first-order valence-corrected chi connectivity index (χ1v) is 10.5. The normalized spacial score (nSPS) is 13.4. The summed E-state index contributed by atoms with van der Waals surface area (Å²) in [5.74, 6) is 1.24. The van der Waals surface area contributed by atoms with E-state index in [0.717, 1.165) is 29.7 Å². The molecule has 1 aliphatic rings. The van der Waals surface area contributed by atoms with Gasteiger partial charge in [-0.1, -0.05) is 23.7 Å². The summed E-state index contributed by atoms with van der Waals surface area (Å²) in [6.45, 7) is 0.358. The lowest BCUT2D eigenvalue weighted by atomic mass is 10.1. The summed E-state index contributed by atoms with van der Waals surface area (Å²) in [5.41, 5.74) is 2.41. The molecule has 2 amide bonds. The first kappa shape index (κ1) is 20.9. The maximum absolute atomic E-state index is 12.5. The second-order valence-electron chi connectivity index (χ2n) is 7.67. The van der Waals surface area contributed by atoms with E-state index in [4.69, 9.17) is 16.0 Å². The molecule has 0 saturated heterocycles. The fraction of sp³-hybridized carbons (Fsp3) is 0.200. The van der Waals surface area contributed by atoms with Crippen LogP contribution in [0.15, 0.2) is 71.2 Å². The number of halogens is 1. The van der Waals surface area contributed by atoms with Gasteiger partial charge in [0, 0.05) is 35.3 Å². The van der Waals surface area contributed by atoms with Crippen LogP contribution in [0.4, 0.5) is 0 Å². The molecule has 6 heteroatoms. The second-order valence-corrected chi connectivity index (χ2v) is 8.11. The Morgan fingerprint density at radius 1 is 1.06 bits per heavy atom. The number of rotatable bonds is 7. The molecule has 1 saturated carbocycles. The summed E-state index contributed by atoms with van der Waals surface area (Å²) < 4.78 is 5.86. The van der Waals surface area contributed by atoms with Gasteiger partial charge in [-0.2, -0.15) is 0 Å². The van der Waals surface area contributed by atoms with E-state index in [1.165, 1.54) is 6.08 Å². The molecular formula is C25H23ClN2O3. The number of amides is 2. The average Bonchev–Trinajstić information content (AvgIpc) is 3.47. The van der Waals surface area contributed by atoms with Crippen LogP contribution in [-0.2, 0) is 11.3 Å². The summed E-state index contributed by atoms with van der Waals surface area (Å²) in [6.07, 6.45) is 5.37. The van der Waals surface area contributed by atoms with Gasteiger partial charge < -0.3 is 14.6 Å². The van der Waals surface area contributed by atoms with Crippen LogP contribution < -0.4 is 5.32 Å². The number of furan rings is 1. The predicted molar refractivity (Wildman–Crippen MR) is 122 cm³/mol. The summed E-state index contributed by atoms with van der Waals surface area (Å²) in [5, 5.41) is 3.63. The number of hydrogen-bond acceptors (Lipinski definition) is 3. The van der Waals surface area contributed by atoms with Crippen LogP contribution in [0.3, 0.4) is 0 Å². The van der Waals surface area contributed by atoms with E-state index in [1.54, 1.807) is 30.2 Å². The van der Waals surface area contributed by atoms with Gasteiger partial charge in [0.2, 0.25) is 5.91 Å². The Balaban J connectivity index is 1.32. The molecule has 0 atom stereocenters. The minimum atomic E-state index is -0.139. The Bertz CT molecular complexity index is 1100. The van der Waals surface area contributed by atoms with E-state index in [0.29, 0.717) is 28.9 Å². The Labute approximate surface area is 186 Å². The molecular weight excluding hydrogens is 412 g/mol. The van der Waals surface area contributed by atoms with Crippen LogP contribution in [0.2, 0.25) is 5.02 Å². The first-order valence-electron chi connectivity index (χ1n) is 10.2. The number of nitrogens with zero attached hydrogens (tertiary/aromatic N) is 1. The van der Waals surface area contributed by atoms with Crippen molar-refractivity contribution < 1.29 is 14.0 Å². The van der Waals surface area contributed by atoms with E-state index < -0.39 is 0 Å². The van der Waals surface area contributed by atoms with Gasteiger partial charge in [0.25, 0.3) is 5.91 Å². The molecule has 1 N–H and O–H groups in total. The third-order valence-corrected chi connectivity index (χ3v) is 5.32. The average molecular weight is 435 g/mol. The zero-order valence-electron chi connectivity index (χ0n) is 17.2. The maximum Gasteiger partial charge on any atom is 0.251 e. The van der Waals surface area contributed by atoms with Crippen molar-refractivity contribution in [3.63, 3.8) is 0 Å². The third kappa shape index (κ3) is 5.64. The Hall–Kier alpha value is -3.31. The van der Waals surface area contributed by atoms with Gasteiger partial charge in [-0.3, -0.25) is 9.59 Å². The van der Waals surface area contributed by atoms with Gasteiger partial charge in [-0.25, -0.2) is 0 Å². The van der Waals surface area contributed by atoms with Crippen molar-refractivity contribution in [3.8, 4) is 11.3 Å². The summed E-state index contributed by atoms with van der Waals surface area (Å²) in [7, 11) is 1.72. The van der Waals surface area contributed by atoms with Crippen molar-refractivity contribution in [1.29, 1.82) is 0 Å². The lowest BCUT2D eigenvalue weighted by molar-refractivity contribution is -0.125. The van der Waals surface area contributed by atoms with Crippen LogP contribution in [0.1, 0.15) is 34.5 Å². The molecule has 1 heterocycles. The van der Waals surface area contributed by atoms with Crippen molar-refractivity contribution in [2.24, 2.45) is 0 Å². The molecule has 4 rings (SSSR count). The molecule has 0 spiro atoms. The highest BCUT2D eigenvalue weighted by molar-refractivity contribution is 6.30. The number of benzene rings is 2. The van der Waals surface area contributed by atoms with Gasteiger partial charge in [-0.15, -0.1) is 0 Å². The van der Waals surface area contributed by atoms with E-state index >= 15 is 0 Å². The van der Waals surface area contributed by atoms with Gasteiger partial charge >= 0.3 is 0 Å². The molecule has 1 aromatic heterocycles. The highest BCUT2D eigenvalue weighted by atomic mass is 35.5. The van der Waals surface area contributed by atoms with E-state index in [9.17, 15) is 9.59 Å². The summed E-state index contributed by atoms with van der Waals surface area (Å²) >= 11 is 5.92. The van der Waals surface area contributed by atoms with Crippen LogP contribution in [0, 0.1) is 0 Å². The minimum Gasteiger partial charge on any atom is -0.459 e. The number of carbonyl (C=O) groups excluding carboxylic acids is 2. The van der Waals surface area contributed by atoms with Gasteiger partial charge in [0.05, 0.1) is 6.54 Å². The molecule has 0 radical (unpaired) electrons. The number of nitrogens with one attached hydrogen (secondary N) is 1. The van der Waals surface area contributed by atoms with Gasteiger partial charge in [0.15, 0.2) is 0 Å². The summed E-state index contributed by atoms with van der Waals surface area (Å²) in [6, 6.07) is 18.7. The smallest absolute Gasteiger partial charge is 0.251 e. The van der Waals surface area contributed by atoms with Crippen molar-refractivity contribution in [3.05, 3.63) is 88.6 Å². The second kappa shape index (κ2) is 9.23. The Morgan fingerprint density at radius 2 is 1.77 bits per heavy atom. The van der Waals surface area contributed by atoms with Crippen molar-refractivity contribution >= 4 is 29.5 Å². The third-order valence-electron chi connectivity index (χ3n) is 5.06. The Morgan fingerprint density at radius 3 is 2.45 bits per heavy atom. The molecule has 0 bridgehead atoms. The van der Waals surface area contributed by atoms with Crippen molar-refractivity contribution in [1.82, 2.24) is 10.2 Å². The van der Waals surface area contributed by atoms with E-state index in [-0.39, 0.29) is 11.8 Å². The van der Waals surface area contributed by atoms with Gasteiger partial charge in [-0.05, 0) is 73.0 Å². The molecule has 3 aromatic rings. The molecule has 5 nitrogen and oxygen atoms in total. The van der Waals surface area contributed by atoms with Crippen LogP contribution in [-0.4, -0.2) is 29.8 Å². The molecule has 1 fully saturated rings. The predicted octanol–water partition coefficient (Wildman–Crippen LogP) is 5.16. The molecule has 1 aliphatic carbocycles. The molecule has 158 valence electrons. The van der Waals surface area contributed by atoms with E-state index in [1.807, 2.05) is 48.5 Å². The lowest BCUT2D eigenvalue weighted by Crippen LogP contribution is -2.25. The van der Waals surface area contributed by atoms with E-state index in [2.05, 4.69) is 5.32 Å². The van der Waals surface area contributed by atoms with Crippen molar-refractivity contribution in [2.75, 3.05) is 7.05 Å². The van der Waals surface area contributed by atoms with Crippen molar-refractivity contribution in [2.45, 2.75) is 25.4 Å². The SMILES string of the molecule is CN(Cc1ccc(-c2ccc(Cl)cc2)o1)C(=O)/C=C/c1ccc(C(=O)NC2CC2)cc1. The first-order chi connectivity index (χ1) is 15.0. The fourth-order valence-electron chi connectivity index (χ4n) is 3.08. The number of hydrogen-bond donors (Lipinski definition) is 1. The topological polar surface area (TPSA) is 62.6 Å². The summed E-state index contributed by atoms with van der Waals surface area (Å²) in [4.78, 5) is 26.1. The zero-order chi connectivity index (χ0) is 21.8. The minimum absolute atomic E-state index is 0.0507. The standard InChI is InChI=1S/C25H23ClN2O3/c1-28(16-22-13-14-23(31-22)18-7-9-20(26)10-8-18)24(29)15-4-17-2-5-19(6-3-17)25(30)27-21-11-12-21/h2-10,13-15,21H,11-12,16H2,1H3,(H,27,30)/b15-4+. The van der Waals surface area contributed by atoms with Crippen LogP contribution in [0.5, 0.6) is 0 Å². The molecule has 31 heavy (non-hydrogen) atoms. The monoisotopic (exact) mass is 434 g/mol. The highest BCUT2D eigenvalue weighted by Crippen LogP contribution is 2.24. The molecule has 0 unspecified atom stereocenters. The number of likely N-dealkylation sites (N-methyl/N-ethyl adjacent to an activating group) is 1. The molecule has 0 aliphatic heterocycles. The quantitative estimate of drug-likeness (QED) is 0.522. The number of carbonyl (C=O) groups is 2. The zero-order valence-corrected chi connectivity index (χ0v) is 17.9. The Kier molecular flexibility index (Phi) is 6.23.